The van der Waals surface area contributed by atoms with Crippen molar-refractivity contribution >= 4 is 54.1 Å². The molecule has 3 aromatic carbocycles. The number of aromatic nitrogens is 2. The van der Waals surface area contributed by atoms with Crippen LogP contribution in [0.2, 0.25) is 0 Å². The second-order valence-electron chi connectivity index (χ2n) is 6.64. The molecule has 2 aromatic heterocycles. The Balaban J connectivity index is 1.61. The summed E-state index contributed by atoms with van der Waals surface area (Å²) in [6.45, 7) is 0.254. The van der Waals surface area contributed by atoms with Gasteiger partial charge in [0, 0.05) is 11.6 Å². The van der Waals surface area contributed by atoms with Crippen molar-refractivity contribution in [3.63, 3.8) is 0 Å². The molecule has 5 rings (SSSR count). The molecule has 0 saturated carbocycles. The topological polar surface area (TPSA) is 46.1 Å². The lowest BCUT2D eigenvalue weighted by Crippen LogP contribution is -2.30. The Bertz CT molecular complexity index is 1380. The highest BCUT2D eigenvalue weighted by Gasteiger charge is 2.23. The zero-order valence-electron chi connectivity index (χ0n) is 15.4. The largest absolute Gasteiger partial charge is 0.279 e. The van der Waals surface area contributed by atoms with Crippen LogP contribution in [0.5, 0.6) is 0 Å². The fourth-order valence-corrected chi connectivity index (χ4v) is 4.92. The van der Waals surface area contributed by atoms with Gasteiger partial charge in [-0.25, -0.2) is 18.7 Å². The van der Waals surface area contributed by atoms with Crippen molar-refractivity contribution in [2.24, 2.45) is 0 Å². The van der Waals surface area contributed by atoms with Crippen LogP contribution in [0, 0.1) is 11.6 Å². The maximum atomic E-state index is 14.2. The highest BCUT2D eigenvalue weighted by atomic mass is 32.1. The van der Waals surface area contributed by atoms with E-state index in [0.29, 0.717) is 15.4 Å². The molecule has 0 N–H and O–H groups in total. The number of benzene rings is 3. The van der Waals surface area contributed by atoms with Gasteiger partial charge in [-0.15, -0.1) is 11.3 Å². The molecular formula is C22H13F2N3OS2. The van der Waals surface area contributed by atoms with Gasteiger partial charge in [-0.3, -0.25) is 9.69 Å². The lowest BCUT2D eigenvalue weighted by atomic mass is 10.1. The first kappa shape index (κ1) is 18.8. The minimum atomic E-state index is -0.745. The van der Waals surface area contributed by atoms with Crippen LogP contribution >= 0.6 is 22.7 Å². The van der Waals surface area contributed by atoms with Crippen molar-refractivity contribution in [2.45, 2.75) is 6.54 Å². The third-order valence-corrected chi connectivity index (χ3v) is 6.46. The molecule has 2 heterocycles. The Hall–Kier alpha value is -3.23. The third kappa shape index (κ3) is 3.44. The van der Waals surface area contributed by atoms with E-state index in [1.807, 2.05) is 30.3 Å². The predicted octanol–water partition coefficient (Wildman–Crippen LogP) is 6.03. The average molecular weight is 437 g/mol. The van der Waals surface area contributed by atoms with Crippen LogP contribution in [0.4, 0.5) is 13.9 Å². The molecule has 8 heteroatoms. The SMILES string of the molecule is O=C(c1ccc2ncsc2c1)N(Cc1ccccc1)c1nc2c(F)cc(F)cc2s1. The second-order valence-corrected chi connectivity index (χ2v) is 8.54. The van der Waals surface area contributed by atoms with E-state index >= 15 is 0 Å². The van der Waals surface area contributed by atoms with E-state index in [0.717, 1.165) is 33.2 Å². The van der Waals surface area contributed by atoms with E-state index in [4.69, 9.17) is 0 Å². The van der Waals surface area contributed by atoms with Crippen molar-refractivity contribution in [2.75, 3.05) is 4.90 Å². The smallest absolute Gasteiger partial charge is 0.260 e. The Kier molecular flexibility index (Phi) is 4.72. The average Bonchev–Trinajstić information content (AvgIpc) is 3.38. The number of carbonyl (C=O) groups is 1. The standard InChI is InChI=1S/C22H13F2N3OS2/c23-15-9-16(24)20-19(10-15)30-22(26-20)27(11-13-4-2-1-3-5-13)21(28)14-6-7-17-18(8-14)29-12-25-17/h1-10,12H,11H2. The van der Waals surface area contributed by atoms with Gasteiger partial charge < -0.3 is 0 Å². The zero-order valence-corrected chi connectivity index (χ0v) is 17.0. The number of anilines is 1. The lowest BCUT2D eigenvalue weighted by molar-refractivity contribution is 0.0985. The number of hydrogen-bond donors (Lipinski definition) is 0. The fourth-order valence-electron chi connectivity index (χ4n) is 3.20. The second kappa shape index (κ2) is 7.55. The molecule has 0 bridgehead atoms. The lowest BCUT2D eigenvalue weighted by Gasteiger charge is -2.20. The summed E-state index contributed by atoms with van der Waals surface area (Å²) < 4.78 is 29.1. The summed E-state index contributed by atoms with van der Waals surface area (Å²) in [4.78, 5) is 23.5. The maximum Gasteiger partial charge on any atom is 0.260 e. The van der Waals surface area contributed by atoms with Gasteiger partial charge >= 0.3 is 0 Å². The molecule has 0 atom stereocenters. The molecular weight excluding hydrogens is 424 g/mol. The molecule has 0 spiro atoms. The molecule has 4 nitrogen and oxygen atoms in total. The van der Waals surface area contributed by atoms with Crippen molar-refractivity contribution < 1.29 is 13.6 Å². The van der Waals surface area contributed by atoms with Gasteiger partial charge in [0.05, 0.1) is 27.0 Å². The van der Waals surface area contributed by atoms with Gasteiger partial charge in [0.25, 0.3) is 5.91 Å². The highest BCUT2D eigenvalue weighted by molar-refractivity contribution is 7.22. The summed E-state index contributed by atoms with van der Waals surface area (Å²) in [5, 5.41) is 0.313. The van der Waals surface area contributed by atoms with Crippen molar-refractivity contribution in [3.05, 3.63) is 88.9 Å². The van der Waals surface area contributed by atoms with Crippen LogP contribution < -0.4 is 4.90 Å². The van der Waals surface area contributed by atoms with E-state index in [1.165, 1.54) is 22.3 Å². The van der Waals surface area contributed by atoms with Gasteiger partial charge in [0.15, 0.2) is 10.9 Å². The van der Waals surface area contributed by atoms with Crippen LogP contribution in [-0.4, -0.2) is 15.9 Å². The number of fused-ring (bicyclic) bond motifs is 2. The number of nitrogens with zero attached hydrogens (tertiary/aromatic N) is 3. The molecule has 0 saturated heterocycles. The molecule has 0 fully saturated rings. The number of thiazole rings is 2. The van der Waals surface area contributed by atoms with Crippen LogP contribution in [-0.2, 0) is 6.54 Å². The van der Waals surface area contributed by atoms with Crippen molar-refractivity contribution in [1.82, 2.24) is 9.97 Å². The maximum absolute atomic E-state index is 14.2. The number of halogens is 2. The first-order chi connectivity index (χ1) is 14.6. The summed E-state index contributed by atoms with van der Waals surface area (Å²) in [5.74, 6) is -1.69. The quantitative estimate of drug-likeness (QED) is 0.345. The normalized spacial score (nSPS) is 11.3. The Morgan fingerprint density at radius 2 is 1.83 bits per heavy atom. The van der Waals surface area contributed by atoms with E-state index in [9.17, 15) is 13.6 Å². The summed E-state index contributed by atoms with van der Waals surface area (Å²) in [6.07, 6.45) is 0. The van der Waals surface area contributed by atoms with Gasteiger partial charge in [-0.05, 0) is 29.8 Å². The van der Waals surface area contributed by atoms with Crippen molar-refractivity contribution in [1.29, 1.82) is 0 Å². The Morgan fingerprint density at radius 1 is 1.00 bits per heavy atom. The van der Waals surface area contributed by atoms with Gasteiger partial charge in [0.1, 0.15) is 11.3 Å². The molecule has 1 amide bonds. The Morgan fingerprint density at radius 3 is 2.67 bits per heavy atom. The predicted molar refractivity (Wildman–Crippen MR) is 116 cm³/mol. The van der Waals surface area contributed by atoms with Crippen LogP contribution in [0.15, 0.2) is 66.2 Å². The van der Waals surface area contributed by atoms with E-state index in [-0.39, 0.29) is 18.0 Å². The summed E-state index contributed by atoms with van der Waals surface area (Å²) in [7, 11) is 0. The molecule has 0 aliphatic carbocycles. The molecule has 5 aromatic rings. The first-order valence-electron chi connectivity index (χ1n) is 9.03. The highest BCUT2D eigenvalue weighted by Crippen LogP contribution is 2.33. The van der Waals surface area contributed by atoms with E-state index in [1.54, 1.807) is 23.7 Å². The minimum absolute atomic E-state index is 0.0557. The fraction of sp³-hybridized carbons (Fsp3) is 0.0455. The van der Waals surface area contributed by atoms with Gasteiger partial charge in [-0.2, -0.15) is 0 Å². The van der Waals surface area contributed by atoms with Crippen molar-refractivity contribution in [3.8, 4) is 0 Å². The van der Waals surface area contributed by atoms with Crippen LogP contribution in [0.1, 0.15) is 15.9 Å². The van der Waals surface area contributed by atoms with Gasteiger partial charge in [-0.1, -0.05) is 41.7 Å². The monoisotopic (exact) mass is 437 g/mol. The van der Waals surface area contributed by atoms with E-state index < -0.39 is 11.6 Å². The number of amides is 1. The molecule has 0 aliphatic rings. The molecule has 0 radical (unpaired) electrons. The molecule has 0 aliphatic heterocycles. The number of carbonyl (C=O) groups excluding carboxylic acids is 1. The van der Waals surface area contributed by atoms with Crippen LogP contribution in [0.3, 0.4) is 0 Å². The summed E-state index contributed by atoms with van der Waals surface area (Å²) >= 11 is 2.54. The Labute approximate surface area is 178 Å². The molecule has 30 heavy (non-hydrogen) atoms. The summed E-state index contributed by atoms with van der Waals surface area (Å²) in [6, 6.07) is 16.8. The molecule has 148 valence electrons. The molecule has 0 unspecified atom stereocenters. The number of rotatable bonds is 4. The van der Waals surface area contributed by atoms with Crippen LogP contribution in [0.25, 0.3) is 20.4 Å². The van der Waals surface area contributed by atoms with E-state index in [2.05, 4.69) is 9.97 Å². The minimum Gasteiger partial charge on any atom is -0.279 e. The number of hydrogen-bond acceptors (Lipinski definition) is 5. The zero-order chi connectivity index (χ0) is 20.7. The first-order valence-corrected chi connectivity index (χ1v) is 10.7. The summed E-state index contributed by atoms with van der Waals surface area (Å²) in [5.41, 5.74) is 3.99. The third-order valence-electron chi connectivity index (χ3n) is 4.64. The van der Waals surface area contributed by atoms with Gasteiger partial charge in [0.2, 0.25) is 0 Å².